The zero-order valence-corrected chi connectivity index (χ0v) is 17.5. The number of hydrogen-bond donors (Lipinski definition) is 1. The molecular weight excluding hydrogens is 414 g/mol. The number of nitrogens with zero attached hydrogens (tertiary/aromatic N) is 2. The predicted molar refractivity (Wildman–Crippen MR) is 109 cm³/mol. The van der Waals surface area contributed by atoms with E-state index < -0.39 is 9.84 Å². The number of sulfone groups is 1. The lowest BCUT2D eigenvalue weighted by atomic mass is 10.1. The fourth-order valence-electron chi connectivity index (χ4n) is 2.69. The number of amides is 1. The van der Waals surface area contributed by atoms with Gasteiger partial charge < -0.3 is 9.84 Å². The van der Waals surface area contributed by atoms with Crippen LogP contribution < -0.4 is 5.32 Å². The highest BCUT2D eigenvalue weighted by Crippen LogP contribution is 2.19. The summed E-state index contributed by atoms with van der Waals surface area (Å²) in [5.74, 6) is 0.641. The van der Waals surface area contributed by atoms with Crippen LogP contribution in [0.15, 0.2) is 57.9 Å². The Morgan fingerprint density at radius 3 is 2.41 bits per heavy atom. The predicted octanol–water partition coefficient (Wildman–Crippen LogP) is 3.60. The molecule has 0 aliphatic carbocycles. The monoisotopic (exact) mass is 433 g/mol. The summed E-state index contributed by atoms with van der Waals surface area (Å²) in [4.78, 5) is 16.8. The molecule has 0 spiro atoms. The molecule has 1 heterocycles. The standard InChI is InChI=1S/C20H20ClN3O4S/c1-13(14-5-9-17(10-6-14)29(2,26)27)22-18(25)11-12-19-23-20(24-28-19)15-3-7-16(21)8-4-15/h3-10,13H,11-12H2,1-2H3,(H,22,25). The Bertz CT molecular complexity index is 1090. The van der Waals surface area contributed by atoms with Crippen LogP contribution in [-0.4, -0.2) is 30.7 Å². The average Bonchev–Trinajstić information content (AvgIpc) is 3.15. The first-order valence-electron chi connectivity index (χ1n) is 8.90. The molecule has 0 fully saturated rings. The largest absolute Gasteiger partial charge is 0.350 e. The summed E-state index contributed by atoms with van der Waals surface area (Å²) in [6.07, 6.45) is 1.66. The number of hydrogen-bond acceptors (Lipinski definition) is 6. The SMILES string of the molecule is CC(NC(=O)CCc1nc(-c2ccc(Cl)cc2)no1)c1ccc(S(C)(=O)=O)cc1. The summed E-state index contributed by atoms with van der Waals surface area (Å²) in [5.41, 5.74) is 1.59. The van der Waals surface area contributed by atoms with E-state index in [0.29, 0.717) is 23.2 Å². The number of rotatable bonds is 7. The third kappa shape index (κ3) is 5.65. The Morgan fingerprint density at radius 1 is 1.14 bits per heavy atom. The van der Waals surface area contributed by atoms with Crippen molar-refractivity contribution in [2.45, 2.75) is 30.7 Å². The first-order chi connectivity index (χ1) is 13.7. The second-order valence-corrected chi connectivity index (χ2v) is 9.10. The molecule has 0 aliphatic rings. The Labute approximate surface area is 174 Å². The maximum Gasteiger partial charge on any atom is 0.227 e. The molecule has 1 N–H and O–H groups in total. The van der Waals surface area contributed by atoms with Crippen molar-refractivity contribution in [3.05, 3.63) is 65.0 Å². The van der Waals surface area contributed by atoms with E-state index in [4.69, 9.17) is 16.1 Å². The topological polar surface area (TPSA) is 102 Å². The number of aromatic nitrogens is 2. The van der Waals surface area contributed by atoms with Crippen molar-refractivity contribution in [3.63, 3.8) is 0 Å². The smallest absolute Gasteiger partial charge is 0.227 e. The molecule has 2 aromatic carbocycles. The van der Waals surface area contributed by atoms with Crippen molar-refractivity contribution in [2.75, 3.05) is 6.26 Å². The van der Waals surface area contributed by atoms with E-state index in [1.54, 1.807) is 36.4 Å². The second-order valence-electron chi connectivity index (χ2n) is 6.65. The van der Waals surface area contributed by atoms with Gasteiger partial charge in [-0.25, -0.2) is 8.42 Å². The van der Waals surface area contributed by atoms with E-state index in [-0.39, 0.29) is 23.3 Å². The molecule has 0 saturated heterocycles. The van der Waals surface area contributed by atoms with Crippen LogP contribution in [0.2, 0.25) is 5.02 Å². The van der Waals surface area contributed by atoms with Gasteiger partial charge in [0.25, 0.3) is 0 Å². The summed E-state index contributed by atoms with van der Waals surface area (Å²) >= 11 is 5.87. The van der Waals surface area contributed by atoms with Gasteiger partial charge in [-0.3, -0.25) is 4.79 Å². The van der Waals surface area contributed by atoms with Crippen molar-refractivity contribution in [1.82, 2.24) is 15.5 Å². The molecule has 0 aliphatic heterocycles. The van der Waals surface area contributed by atoms with Gasteiger partial charge in [0.2, 0.25) is 17.6 Å². The van der Waals surface area contributed by atoms with Gasteiger partial charge in [0.05, 0.1) is 10.9 Å². The van der Waals surface area contributed by atoms with E-state index in [0.717, 1.165) is 17.4 Å². The van der Waals surface area contributed by atoms with Gasteiger partial charge in [-0.2, -0.15) is 4.98 Å². The van der Waals surface area contributed by atoms with Crippen LogP contribution in [0, 0.1) is 0 Å². The number of aryl methyl sites for hydroxylation is 1. The van der Waals surface area contributed by atoms with Crippen molar-refractivity contribution in [1.29, 1.82) is 0 Å². The van der Waals surface area contributed by atoms with Crippen molar-refractivity contribution < 1.29 is 17.7 Å². The van der Waals surface area contributed by atoms with Crippen LogP contribution in [0.1, 0.15) is 30.8 Å². The quantitative estimate of drug-likeness (QED) is 0.610. The maximum atomic E-state index is 12.2. The number of carbonyl (C=O) groups is 1. The first kappa shape index (κ1) is 21.0. The second kappa shape index (κ2) is 8.75. The highest BCUT2D eigenvalue weighted by molar-refractivity contribution is 7.90. The molecule has 3 aromatic rings. The zero-order chi connectivity index (χ0) is 21.0. The molecular formula is C20H20ClN3O4S. The third-order valence-electron chi connectivity index (χ3n) is 4.32. The third-order valence-corrected chi connectivity index (χ3v) is 5.70. The lowest BCUT2D eigenvalue weighted by Crippen LogP contribution is -2.26. The van der Waals surface area contributed by atoms with E-state index in [1.807, 2.05) is 6.92 Å². The molecule has 1 unspecified atom stereocenters. The molecule has 152 valence electrons. The molecule has 1 atom stereocenters. The first-order valence-corrected chi connectivity index (χ1v) is 11.2. The highest BCUT2D eigenvalue weighted by atomic mass is 35.5. The molecule has 1 aromatic heterocycles. The Hall–Kier alpha value is -2.71. The Kier molecular flexibility index (Phi) is 6.34. The molecule has 29 heavy (non-hydrogen) atoms. The van der Waals surface area contributed by atoms with E-state index in [1.165, 1.54) is 12.1 Å². The van der Waals surface area contributed by atoms with Crippen molar-refractivity contribution in [2.24, 2.45) is 0 Å². The lowest BCUT2D eigenvalue weighted by Gasteiger charge is -2.14. The zero-order valence-electron chi connectivity index (χ0n) is 15.9. The van der Waals surface area contributed by atoms with Gasteiger partial charge in [-0.1, -0.05) is 28.9 Å². The fraction of sp³-hybridized carbons (Fsp3) is 0.250. The van der Waals surface area contributed by atoms with Crippen molar-refractivity contribution in [3.8, 4) is 11.4 Å². The number of carbonyl (C=O) groups excluding carboxylic acids is 1. The van der Waals surface area contributed by atoms with Gasteiger partial charge in [0, 0.05) is 29.7 Å². The van der Waals surface area contributed by atoms with Crippen LogP contribution in [0.4, 0.5) is 0 Å². The van der Waals surface area contributed by atoms with Gasteiger partial charge in [0.1, 0.15) is 0 Å². The molecule has 9 heteroatoms. The highest BCUT2D eigenvalue weighted by Gasteiger charge is 2.14. The van der Waals surface area contributed by atoms with E-state index in [2.05, 4.69) is 15.5 Å². The summed E-state index contributed by atoms with van der Waals surface area (Å²) in [6.45, 7) is 1.83. The van der Waals surface area contributed by atoms with Crippen molar-refractivity contribution >= 4 is 27.3 Å². The van der Waals surface area contributed by atoms with Crippen LogP contribution >= 0.6 is 11.6 Å². The maximum absolute atomic E-state index is 12.2. The summed E-state index contributed by atoms with van der Waals surface area (Å²) in [7, 11) is -3.25. The summed E-state index contributed by atoms with van der Waals surface area (Å²) in [6, 6.07) is 13.3. The van der Waals surface area contributed by atoms with Crippen LogP contribution in [-0.2, 0) is 21.1 Å². The van der Waals surface area contributed by atoms with Gasteiger partial charge in [0.15, 0.2) is 9.84 Å². The molecule has 0 bridgehead atoms. The summed E-state index contributed by atoms with van der Waals surface area (Å²) in [5, 5.41) is 7.42. The van der Waals surface area contributed by atoms with Crippen LogP contribution in [0.25, 0.3) is 11.4 Å². The Balaban J connectivity index is 1.54. The van der Waals surface area contributed by atoms with E-state index >= 15 is 0 Å². The number of halogens is 1. The molecule has 3 rings (SSSR count). The number of nitrogens with one attached hydrogen (secondary N) is 1. The van der Waals surface area contributed by atoms with E-state index in [9.17, 15) is 13.2 Å². The fourth-order valence-corrected chi connectivity index (χ4v) is 3.45. The normalized spacial score (nSPS) is 12.5. The Morgan fingerprint density at radius 2 is 1.79 bits per heavy atom. The minimum atomic E-state index is -3.25. The molecule has 0 saturated carbocycles. The van der Waals surface area contributed by atoms with Crippen LogP contribution in [0.5, 0.6) is 0 Å². The lowest BCUT2D eigenvalue weighted by molar-refractivity contribution is -0.121. The van der Waals surface area contributed by atoms with Gasteiger partial charge in [-0.05, 0) is 48.9 Å². The molecule has 1 amide bonds. The minimum Gasteiger partial charge on any atom is -0.350 e. The summed E-state index contributed by atoms with van der Waals surface area (Å²) < 4.78 is 28.3. The minimum absolute atomic E-state index is 0.170. The number of benzene rings is 2. The van der Waals surface area contributed by atoms with Gasteiger partial charge >= 0.3 is 0 Å². The van der Waals surface area contributed by atoms with Crippen LogP contribution in [0.3, 0.4) is 0 Å². The molecule has 7 nitrogen and oxygen atoms in total. The average molecular weight is 434 g/mol. The van der Waals surface area contributed by atoms with Gasteiger partial charge in [-0.15, -0.1) is 0 Å². The molecule has 0 radical (unpaired) electrons.